The number of rotatable bonds is 6. The van der Waals surface area contributed by atoms with Crippen LogP contribution >= 0.6 is 0 Å². The summed E-state index contributed by atoms with van der Waals surface area (Å²) in [5.41, 5.74) is 1.16. The zero-order chi connectivity index (χ0) is 14.5. The van der Waals surface area contributed by atoms with Gasteiger partial charge in [-0.25, -0.2) is 0 Å². The number of hydrogen-bond acceptors (Lipinski definition) is 4. The van der Waals surface area contributed by atoms with Gasteiger partial charge in [-0.1, -0.05) is 6.08 Å². The zero-order valence-corrected chi connectivity index (χ0v) is 12.2. The molecule has 1 saturated heterocycles. The van der Waals surface area contributed by atoms with Crippen molar-refractivity contribution >= 4 is 6.08 Å². The molecule has 2 aromatic heterocycles. The summed E-state index contributed by atoms with van der Waals surface area (Å²) in [6.07, 6.45) is 8.81. The second-order valence-electron chi connectivity index (χ2n) is 5.30. The Hall–Kier alpha value is -1.85. The van der Waals surface area contributed by atoms with Crippen molar-refractivity contribution in [2.75, 3.05) is 19.7 Å². The van der Waals surface area contributed by atoms with Gasteiger partial charge in [-0.3, -0.25) is 4.68 Å². The number of aromatic nitrogens is 2. The topological polar surface area (TPSA) is 52.2 Å². The molecule has 1 fully saturated rings. The molecule has 0 radical (unpaired) electrons. The van der Waals surface area contributed by atoms with Crippen molar-refractivity contribution in [3.8, 4) is 0 Å². The summed E-state index contributed by atoms with van der Waals surface area (Å²) in [7, 11) is 1.97. The quantitative estimate of drug-likeness (QED) is 0.829. The van der Waals surface area contributed by atoms with Crippen LogP contribution in [0, 0.1) is 5.92 Å². The van der Waals surface area contributed by atoms with Gasteiger partial charge >= 0.3 is 0 Å². The molecule has 1 aliphatic rings. The predicted molar refractivity (Wildman–Crippen MR) is 80.6 cm³/mol. The van der Waals surface area contributed by atoms with E-state index >= 15 is 0 Å². The molecular formula is C16H21N3O2. The highest BCUT2D eigenvalue weighted by molar-refractivity contribution is 5.42. The van der Waals surface area contributed by atoms with Crippen molar-refractivity contribution < 1.29 is 9.15 Å². The SMILES string of the molecule is Cn1nccc1[C@@H]1OCC[C@H]1CNC/C=C/c1ccco1. The van der Waals surface area contributed by atoms with Crippen LogP contribution in [-0.2, 0) is 11.8 Å². The van der Waals surface area contributed by atoms with Crippen LogP contribution in [0.5, 0.6) is 0 Å². The maximum absolute atomic E-state index is 5.87. The summed E-state index contributed by atoms with van der Waals surface area (Å²) in [6.45, 7) is 2.60. The van der Waals surface area contributed by atoms with Crippen LogP contribution in [0.4, 0.5) is 0 Å². The van der Waals surface area contributed by atoms with E-state index in [1.165, 1.54) is 0 Å². The maximum atomic E-state index is 5.87. The van der Waals surface area contributed by atoms with Crippen LogP contribution < -0.4 is 5.32 Å². The fourth-order valence-corrected chi connectivity index (χ4v) is 2.75. The molecule has 112 valence electrons. The number of furan rings is 1. The molecule has 0 spiro atoms. The molecule has 2 atom stereocenters. The molecule has 0 unspecified atom stereocenters. The molecular weight excluding hydrogens is 266 g/mol. The zero-order valence-electron chi connectivity index (χ0n) is 12.2. The monoisotopic (exact) mass is 287 g/mol. The first-order valence-electron chi connectivity index (χ1n) is 7.35. The highest BCUT2D eigenvalue weighted by Gasteiger charge is 2.30. The molecule has 2 aromatic rings. The first kappa shape index (κ1) is 14.1. The second-order valence-corrected chi connectivity index (χ2v) is 5.30. The highest BCUT2D eigenvalue weighted by Crippen LogP contribution is 2.33. The van der Waals surface area contributed by atoms with Crippen molar-refractivity contribution in [2.24, 2.45) is 13.0 Å². The number of nitrogens with one attached hydrogen (secondary N) is 1. The lowest BCUT2D eigenvalue weighted by molar-refractivity contribution is 0.0841. The van der Waals surface area contributed by atoms with E-state index in [9.17, 15) is 0 Å². The van der Waals surface area contributed by atoms with Gasteiger partial charge in [0.05, 0.1) is 12.0 Å². The van der Waals surface area contributed by atoms with Crippen molar-refractivity contribution in [3.63, 3.8) is 0 Å². The lowest BCUT2D eigenvalue weighted by Crippen LogP contribution is -2.25. The van der Waals surface area contributed by atoms with Gasteiger partial charge in [0, 0.05) is 38.9 Å². The minimum absolute atomic E-state index is 0.152. The lowest BCUT2D eigenvalue weighted by atomic mass is 9.99. The van der Waals surface area contributed by atoms with Crippen LogP contribution in [0.3, 0.4) is 0 Å². The van der Waals surface area contributed by atoms with E-state index < -0.39 is 0 Å². The van der Waals surface area contributed by atoms with Gasteiger partial charge in [0.1, 0.15) is 11.9 Å². The highest BCUT2D eigenvalue weighted by atomic mass is 16.5. The van der Waals surface area contributed by atoms with Gasteiger partial charge in [0.25, 0.3) is 0 Å². The summed E-state index contributed by atoms with van der Waals surface area (Å²) in [5, 5.41) is 7.69. The van der Waals surface area contributed by atoms with Crippen LogP contribution in [0.25, 0.3) is 6.08 Å². The summed E-state index contributed by atoms with van der Waals surface area (Å²) < 4.78 is 13.0. The average Bonchev–Trinajstić information content (AvgIpc) is 3.19. The van der Waals surface area contributed by atoms with Crippen LogP contribution in [-0.4, -0.2) is 29.5 Å². The molecule has 21 heavy (non-hydrogen) atoms. The smallest absolute Gasteiger partial charge is 0.126 e. The number of aryl methyl sites for hydroxylation is 1. The van der Waals surface area contributed by atoms with Gasteiger partial charge in [0.2, 0.25) is 0 Å². The van der Waals surface area contributed by atoms with Gasteiger partial charge in [-0.2, -0.15) is 5.10 Å². The largest absolute Gasteiger partial charge is 0.465 e. The summed E-state index contributed by atoms with van der Waals surface area (Å²) in [4.78, 5) is 0. The molecule has 1 aliphatic heterocycles. The van der Waals surface area contributed by atoms with E-state index in [1.54, 1.807) is 6.26 Å². The molecule has 1 N–H and O–H groups in total. The third kappa shape index (κ3) is 3.43. The standard InChI is InChI=1S/C16H21N3O2/c1-19-15(6-9-18-19)16-13(7-11-21-16)12-17-8-2-4-14-5-3-10-20-14/h2-6,9-10,13,16-17H,7-8,11-12H2,1H3/b4-2+/t13-,16+/m0/s1. The second kappa shape index (κ2) is 6.74. The van der Waals surface area contributed by atoms with Gasteiger partial charge in [-0.05, 0) is 30.7 Å². The van der Waals surface area contributed by atoms with Gasteiger partial charge in [-0.15, -0.1) is 0 Å². The maximum Gasteiger partial charge on any atom is 0.126 e. The third-order valence-corrected chi connectivity index (χ3v) is 3.86. The van der Waals surface area contributed by atoms with Crippen molar-refractivity contribution in [3.05, 3.63) is 48.2 Å². The fourth-order valence-electron chi connectivity index (χ4n) is 2.75. The van der Waals surface area contributed by atoms with Gasteiger partial charge < -0.3 is 14.5 Å². The Bertz CT molecular complexity index is 574. The van der Waals surface area contributed by atoms with E-state index in [1.807, 2.05) is 42.2 Å². The Morgan fingerprint density at radius 1 is 1.48 bits per heavy atom. The fraction of sp³-hybridized carbons (Fsp3) is 0.438. The van der Waals surface area contributed by atoms with Gasteiger partial charge in [0.15, 0.2) is 0 Å². The normalized spacial score (nSPS) is 22.3. The first-order chi connectivity index (χ1) is 10.3. The average molecular weight is 287 g/mol. The molecule has 0 aromatic carbocycles. The lowest BCUT2D eigenvalue weighted by Gasteiger charge is -2.18. The van der Waals surface area contributed by atoms with Crippen molar-refractivity contribution in [1.29, 1.82) is 0 Å². The summed E-state index contributed by atoms with van der Waals surface area (Å²) in [6, 6.07) is 5.88. The van der Waals surface area contributed by atoms with Crippen LogP contribution in [0.15, 0.2) is 41.2 Å². The summed E-state index contributed by atoms with van der Waals surface area (Å²) >= 11 is 0. The molecule has 0 bridgehead atoms. The van der Waals surface area contributed by atoms with Crippen LogP contribution in [0.2, 0.25) is 0 Å². The molecule has 3 heterocycles. The molecule has 0 saturated carbocycles. The minimum Gasteiger partial charge on any atom is -0.465 e. The molecule has 3 rings (SSSR count). The van der Waals surface area contributed by atoms with E-state index in [4.69, 9.17) is 9.15 Å². The third-order valence-electron chi connectivity index (χ3n) is 3.86. The van der Waals surface area contributed by atoms with Crippen molar-refractivity contribution in [2.45, 2.75) is 12.5 Å². The van der Waals surface area contributed by atoms with E-state index in [0.29, 0.717) is 5.92 Å². The molecule has 0 aliphatic carbocycles. The molecule has 5 heteroatoms. The Kier molecular flexibility index (Phi) is 4.52. The Balaban J connectivity index is 1.47. The van der Waals surface area contributed by atoms with E-state index in [-0.39, 0.29) is 6.10 Å². The van der Waals surface area contributed by atoms with E-state index in [2.05, 4.69) is 16.5 Å². The number of nitrogens with zero attached hydrogens (tertiary/aromatic N) is 2. The number of hydrogen-bond donors (Lipinski definition) is 1. The van der Waals surface area contributed by atoms with Crippen molar-refractivity contribution in [1.82, 2.24) is 15.1 Å². The summed E-state index contributed by atoms with van der Waals surface area (Å²) in [5.74, 6) is 1.38. The Morgan fingerprint density at radius 2 is 2.43 bits per heavy atom. The molecule has 5 nitrogen and oxygen atoms in total. The minimum atomic E-state index is 0.152. The predicted octanol–water partition coefficient (Wildman–Crippen LogP) is 2.39. The number of ether oxygens (including phenoxy) is 1. The molecule has 0 amide bonds. The Labute approximate surface area is 124 Å². The van der Waals surface area contributed by atoms with Crippen LogP contribution in [0.1, 0.15) is 24.0 Å². The Morgan fingerprint density at radius 3 is 3.19 bits per heavy atom. The van der Waals surface area contributed by atoms with E-state index in [0.717, 1.165) is 37.6 Å². The first-order valence-corrected chi connectivity index (χ1v) is 7.35.